The number of amides is 2. The molecule has 0 radical (unpaired) electrons. The summed E-state index contributed by atoms with van der Waals surface area (Å²) in [6.07, 6.45) is 1.94. The Hall–Kier alpha value is -2.21. The van der Waals surface area contributed by atoms with Gasteiger partial charge >= 0.3 is 12.0 Å². The second-order valence-corrected chi connectivity index (χ2v) is 6.50. The minimum atomic E-state index is -0.395. The summed E-state index contributed by atoms with van der Waals surface area (Å²) >= 11 is 6.31. The third-order valence-electron chi connectivity index (χ3n) is 3.96. The van der Waals surface area contributed by atoms with Crippen LogP contribution in [0, 0.1) is 5.92 Å². The van der Waals surface area contributed by atoms with E-state index in [0.29, 0.717) is 12.3 Å². The van der Waals surface area contributed by atoms with Gasteiger partial charge in [-0.2, -0.15) is 0 Å². The fourth-order valence-electron chi connectivity index (χ4n) is 2.55. The number of hydrogen-bond donors (Lipinski definition) is 1. The van der Waals surface area contributed by atoms with E-state index in [1.54, 1.807) is 30.9 Å². The van der Waals surface area contributed by atoms with E-state index in [9.17, 15) is 9.59 Å². The zero-order valence-electron chi connectivity index (χ0n) is 15.1. The zero-order chi connectivity index (χ0) is 18.7. The Morgan fingerprint density at radius 3 is 2.60 bits per heavy atom. The number of benzene rings is 1. The van der Waals surface area contributed by atoms with Crippen molar-refractivity contribution >= 4 is 23.6 Å². The molecule has 1 atom stereocenters. The maximum atomic E-state index is 12.2. The molecule has 1 aliphatic heterocycles. The molecule has 0 saturated carbocycles. The van der Waals surface area contributed by atoms with Gasteiger partial charge in [-0.3, -0.25) is 9.69 Å². The van der Waals surface area contributed by atoms with Crippen LogP contribution in [0.15, 0.2) is 23.9 Å². The van der Waals surface area contributed by atoms with Crippen LogP contribution in [0.25, 0.3) is 0 Å². The van der Waals surface area contributed by atoms with Crippen LogP contribution in [0.2, 0.25) is 5.02 Å². The smallest absolute Gasteiger partial charge is 0.322 e. The first-order chi connectivity index (χ1) is 11.8. The van der Waals surface area contributed by atoms with E-state index >= 15 is 0 Å². The second kappa shape index (κ2) is 7.78. The van der Waals surface area contributed by atoms with Crippen molar-refractivity contribution in [3.63, 3.8) is 0 Å². The van der Waals surface area contributed by atoms with Gasteiger partial charge in [0, 0.05) is 12.2 Å². The lowest BCUT2D eigenvalue weighted by atomic mass is 10.0. The van der Waals surface area contributed by atoms with Gasteiger partial charge in [0.25, 0.3) is 0 Å². The number of ether oxygens (including phenoxy) is 2. The second-order valence-electron chi connectivity index (χ2n) is 6.09. The fraction of sp³-hybridized carbons (Fsp3) is 0.444. The molecule has 0 bridgehead atoms. The number of esters is 1. The van der Waals surface area contributed by atoms with Crippen molar-refractivity contribution in [2.75, 3.05) is 13.7 Å². The van der Waals surface area contributed by atoms with E-state index in [0.717, 1.165) is 11.3 Å². The summed E-state index contributed by atoms with van der Waals surface area (Å²) in [5.41, 5.74) is 1.61. The number of halogens is 1. The van der Waals surface area contributed by atoms with Crippen LogP contribution >= 0.6 is 11.6 Å². The highest BCUT2D eigenvalue weighted by Crippen LogP contribution is 2.39. The van der Waals surface area contributed by atoms with Crippen LogP contribution in [-0.2, 0) is 4.79 Å². The van der Waals surface area contributed by atoms with Crippen LogP contribution in [0.1, 0.15) is 39.3 Å². The Labute approximate surface area is 152 Å². The van der Waals surface area contributed by atoms with Gasteiger partial charge in [-0.15, -0.1) is 0 Å². The van der Waals surface area contributed by atoms with Gasteiger partial charge in [-0.05, 0) is 37.6 Å². The number of allylic oxidation sites excluding steroid dienone is 1. The molecule has 1 heterocycles. The molecule has 2 amide bonds. The van der Waals surface area contributed by atoms with E-state index in [1.807, 2.05) is 19.9 Å². The van der Waals surface area contributed by atoms with Gasteiger partial charge in [0.05, 0.1) is 24.1 Å². The van der Waals surface area contributed by atoms with Gasteiger partial charge in [0.15, 0.2) is 11.5 Å². The molecule has 1 unspecified atom stereocenters. The first-order valence-electron chi connectivity index (χ1n) is 8.14. The monoisotopic (exact) mass is 366 g/mol. The lowest BCUT2D eigenvalue weighted by molar-refractivity contribution is -0.137. The zero-order valence-corrected chi connectivity index (χ0v) is 15.8. The minimum Gasteiger partial charge on any atom is -0.493 e. The SMILES string of the molecule is CCN1C(=O)NC(c2cc(Cl)c(OC(=O)C(C)C)c(OC)c2)C=C1C. The minimum absolute atomic E-state index is 0.169. The van der Waals surface area contributed by atoms with Gasteiger partial charge < -0.3 is 14.8 Å². The number of rotatable bonds is 5. The van der Waals surface area contributed by atoms with E-state index in [2.05, 4.69) is 5.32 Å². The molecule has 7 heteroatoms. The Kier molecular flexibility index (Phi) is 5.95. The average Bonchev–Trinajstić information content (AvgIpc) is 2.55. The summed E-state index contributed by atoms with van der Waals surface area (Å²) in [7, 11) is 1.47. The molecule has 6 nitrogen and oxygen atoms in total. The molecule has 0 aliphatic carbocycles. The largest absolute Gasteiger partial charge is 0.493 e. The van der Waals surface area contributed by atoms with Crippen LogP contribution < -0.4 is 14.8 Å². The molecule has 0 aromatic heterocycles. The van der Waals surface area contributed by atoms with E-state index < -0.39 is 5.97 Å². The third-order valence-corrected chi connectivity index (χ3v) is 4.24. The van der Waals surface area contributed by atoms with Crippen LogP contribution in [0.5, 0.6) is 11.5 Å². The first kappa shape index (κ1) is 19.1. The molecule has 1 aliphatic rings. The Balaban J connectivity index is 2.38. The molecule has 0 spiro atoms. The highest BCUT2D eigenvalue weighted by atomic mass is 35.5. The molecular formula is C18H23ClN2O4. The molecule has 25 heavy (non-hydrogen) atoms. The lowest BCUT2D eigenvalue weighted by Gasteiger charge is -2.31. The normalized spacial score (nSPS) is 17.2. The first-order valence-corrected chi connectivity index (χ1v) is 8.51. The Morgan fingerprint density at radius 1 is 1.40 bits per heavy atom. The summed E-state index contributed by atoms with van der Waals surface area (Å²) in [4.78, 5) is 25.7. The fourth-order valence-corrected chi connectivity index (χ4v) is 2.81. The molecule has 0 saturated heterocycles. The van der Waals surface area contributed by atoms with Crippen molar-refractivity contribution in [2.45, 2.75) is 33.7 Å². The van der Waals surface area contributed by atoms with Gasteiger partial charge in [0.2, 0.25) is 0 Å². The molecular weight excluding hydrogens is 344 g/mol. The average molecular weight is 367 g/mol. The van der Waals surface area contributed by atoms with E-state index in [1.165, 1.54) is 7.11 Å². The summed E-state index contributed by atoms with van der Waals surface area (Å²) < 4.78 is 10.7. The number of nitrogens with one attached hydrogen (secondary N) is 1. The topological polar surface area (TPSA) is 67.9 Å². The predicted molar refractivity (Wildman–Crippen MR) is 95.9 cm³/mol. The standard InChI is InChI=1S/C18H23ClN2O4/c1-6-21-11(4)7-14(20-18(21)23)12-8-13(19)16(15(9-12)24-5)25-17(22)10(2)3/h7-10,14H,6H2,1-5H3,(H,20,23). The van der Waals surface area contributed by atoms with E-state index in [-0.39, 0.29) is 28.8 Å². The summed E-state index contributed by atoms with van der Waals surface area (Å²) in [6.45, 7) is 7.86. The Morgan fingerprint density at radius 2 is 2.08 bits per heavy atom. The number of nitrogens with zero attached hydrogens (tertiary/aromatic N) is 1. The van der Waals surface area contributed by atoms with Crippen molar-refractivity contribution in [3.8, 4) is 11.5 Å². The van der Waals surface area contributed by atoms with Crippen molar-refractivity contribution in [2.24, 2.45) is 5.92 Å². The van der Waals surface area contributed by atoms with Crippen LogP contribution in [-0.4, -0.2) is 30.6 Å². The Bertz CT molecular complexity index is 715. The third kappa shape index (κ3) is 4.07. The molecule has 136 valence electrons. The molecule has 1 aromatic rings. The molecule has 2 rings (SSSR count). The number of carbonyl (C=O) groups is 2. The lowest BCUT2D eigenvalue weighted by Crippen LogP contribution is -2.44. The van der Waals surface area contributed by atoms with Crippen molar-refractivity contribution in [1.29, 1.82) is 0 Å². The highest BCUT2D eigenvalue weighted by molar-refractivity contribution is 6.32. The van der Waals surface area contributed by atoms with Gasteiger partial charge in [-0.1, -0.05) is 25.4 Å². The van der Waals surface area contributed by atoms with Crippen molar-refractivity contribution < 1.29 is 19.1 Å². The maximum Gasteiger partial charge on any atom is 0.322 e. The summed E-state index contributed by atoms with van der Waals surface area (Å²) in [6, 6.07) is 2.88. The number of urea groups is 1. The van der Waals surface area contributed by atoms with Crippen LogP contribution in [0.3, 0.4) is 0 Å². The molecule has 1 N–H and O–H groups in total. The highest BCUT2D eigenvalue weighted by Gasteiger charge is 2.26. The number of methoxy groups -OCH3 is 1. The van der Waals surface area contributed by atoms with Gasteiger partial charge in [-0.25, -0.2) is 4.79 Å². The number of hydrogen-bond acceptors (Lipinski definition) is 4. The van der Waals surface area contributed by atoms with Crippen molar-refractivity contribution in [3.05, 3.63) is 34.5 Å². The summed E-state index contributed by atoms with van der Waals surface area (Å²) in [5.74, 6) is -0.156. The maximum absolute atomic E-state index is 12.2. The predicted octanol–water partition coefficient (Wildman–Crippen LogP) is 3.90. The molecule has 1 aromatic carbocycles. The quantitative estimate of drug-likeness (QED) is 0.634. The number of carbonyl (C=O) groups excluding carboxylic acids is 2. The van der Waals surface area contributed by atoms with Crippen molar-refractivity contribution in [1.82, 2.24) is 10.2 Å². The summed E-state index contributed by atoms with van der Waals surface area (Å²) in [5, 5.41) is 3.16. The van der Waals surface area contributed by atoms with E-state index in [4.69, 9.17) is 21.1 Å². The molecule has 0 fully saturated rings. The van der Waals surface area contributed by atoms with Crippen LogP contribution in [0.4, 0.5) is 4.79 Å². The van der Waals surface area contributed by atoms with Gasteiger partial charge in [0.1, 0.15) is 0 Å².